The Morgan fingerprint density at radius 2 is 1.91 bits per heavy atom. The van der Waals surface area contributed by atoms with E-state index in [1.54, 1.807) is 0 Å². The summed E-state index contributed by atoms with van der Waals surface area (Å²) in [6.45, 7) is 5.68. The molecule has 2 aromatic rings. The quantitative estimate of drug-likeness (QED) is 0.645. The molecule has 178 valence electrons. The van der Waals surface area contributed by atoms with Crippen LogP contribution in [-0.4, -0.2) is 45.4 Å². The Bertz CT molecular complexity index is 1120. The van der Waals surface area contributed by atoms with Crippen LogP contribution < -0.4 is 9.04 Å². The molecule has 33 heavy (non-hydrogen) atoms. The Kier molecular flexibility index (Phi) is 6.95. The van der Waals surface area contributed by atoms with Gasteiger partial charge in [-0.1, -0.05) is 19.1 Å². The number of aryl methyl sites for hydroxylation is 2. The summed E-state index contributed by atoms with van der Waals surface area (Å²) < 4.78 is 40.0. The average Bonchev–Trinajstić information content (AvgIpc) is 2.82. The van der Waals surface area contributed by atoms with E-state index in [0.717, 1.165) is 31.2 Å². The molecular formula is C25H31NO6S. The number of carbonyl (C=O) groups is 1. The number of benzene rings is 2. The molecular weight excluding hydrogens is 442 g/mol. The molecule has 4 rings (SSSR count). The van der Waals surface area contributed by atoms with Crippen LogP contribution in [0.2, 0.25) is 0 Å². The summed E-state index contributed by atoms with van der Waals surface area (Å²) in [5, 5.41) is 9.76. The molecule has 0 amide bonds. The number of fused-ring (bicyclic) bond motifs is 1. The Labute approximate surface area is 195 Å². The van der Waals surface area contributed by atoms with Gasteiger partial charge in [-0.3, -0.25) is 4.31 Å². The highest BCUT2D eigenvalue weighted by molar-refractivity contribution is 7.92. The lowest BCUT2D eigenvalue weighted by Crippen LogP contribution is -2.42. The lowest BCUT2D eigenvalue weighted by molar-refractivity contribution is 0.0490. The van der Waals surface area contributed by atoms with Crippen LogP contribution in [0.3, 0.4) is 0 Å². The fourth-order valence-corrected chi connectivity index (χ4v) is 6.31. The first-order chi connectivity index (χ1) is 15.8. The van der Waals surface area contributed by atoms with Gasteiger partial charge in [-0.2, -0.15) is 0 Å². The van der Waals surface area contributed by atoms with Crippen molar-refractivity contribution < 1.29 is 27.8 Å². The van der Waals surface area contributed by atoms with E-state index in [0.29, 0.717) is 37.8 Å². The van der Waals surface area contributed by atoms with Gasteiger partial charge < -0.3 is 14.6 Å². The van der Waals surface area contributed by atoms with Crippen molar-refractivity contribution in [2.45, 2.75) is 56.9 Å². The molecule has 1 fully saturated rings. The largest absolute Gasteiger partial charge is 0.492 e. The van der Waals surface area contributed by atoms with Gasteiger partial charge >= 0.3 is 5.97 Å². The average molecular weight is 474 g/mol. The molecule has 0 radical (unpaired) electrons. The number of carboxylic acids is 1. The van der Waals surface area contributed by atoms with Gasteiger partial charge in [0.25, 0.3) is 10.0 Å². The second-order valence-electron chi connectivity index (χ2n) is 8.84. The number of sulfonamides is 1. The number of hydrogen-bond acceptors (Lipinski definition) is 5. The molecule has 2 aromatic carbocycles. The molecule has 0 aliphatic carbocycles. The SMILES string of the molecule is CCc1ccc2c(c1)CCC(C)N2S(=O)(=O)c1ccc(OCC2CCOCC2)c(C(=O)O)c1. The second-order valence-corrected chi connectivity index (χ2v) is 10.6. The highest BCUT2D eigenvalue weighted by Crippen LogP contribution is 2.37. The summed E-state index contributed by atoms with van der Waals surface area (Å²) in [6.07, 6.45) is 4.13. The fourth-order valence-electron chi connectivity index (χ4n) is 4.56. The van der Waals surface area contributed by atoms with Gasteiger partial charge in [-0.25, -0.2) is 13.2 Å². The zero-order valence-electron chi connectivity index (χ0n) is 19.1. The molecule has 7 nitrogen and oxygen atoms in total. The zero-order valence-corrected chi connectivity index (χ0v) is 19.9. The first-order valence-corrected chi connectivity index (χ1v) is 13.0. The van der Waals surface area contributed by atoms with Gasteiger partial charge in [0.05, 0.1) is 17.2 Å². The number of nitrogens with zero attached hydrogens (tertiary/aromatic N) is 1. The third-order valence-corrected chi connectivity index (χ3v) is 8.50. The molecule has 0 spiro atoms. The molecule has 2 heterocycles. The molecule has 0 aromatic heterocycles. The van der Waals surface area contributed by atoms with E-state index >= 15 is 0 Å². The van der Waals surface area contributed by atoms with Gasteiger partial charge in [-0.05, 0) is 80.3 Å². The summed E-state index contributed by atoms with van der Waals surface area (Å²) >= 11 is 0. The number of rotatable bonds is 7. The summed E-state index contributed by atoms with van der Waals surface area (Å²) in [5.74, 6) is -0.733. The highest BCUT2D eigenvalue weighted by atomic mass is 32.2. The van der Waals surface area contributed by atoms with E-state index in [1.165, 1.54) is 28.1 Å². The van der Waals surface area contributed by atoms with Crippen LogP contribution in [0.5, 0.6) is 5.75 Å². The minimum atomic E-state index is -3.95. The molecule has 1 N–H and O–H groups in total. The molecule has 0 saturated carbocycles. The maximum absolute atomic E-state index is 13.7. The van der Waals surface area contributed by atoms with E-state index in [1.807, 2.05) is 19.1 Å². The fraction of sp³-hybridized carbons (Fsp3) is 0.480. The van der Waals surface area contributed by atoms with Gasteiger partial charge in [-0.15, -0.1) is 0 Å². The number of anilines is 1. The Morgan fingerprint density at radius 3 is 2.61 bits per heavy atom. The Balaban J connectivity index is 1.65. The first-order valence-electron chi connectivity index (χ1n) is 11.6. The minimum Gasteiger partial charge on any atom is -0.492 e. The predicted octanol–water partition coefficient (Wildman–Crippen LogP) is 4.28. The smallest absolute Gasteiger partial charge is 0.339 e. The van der Waals surface area contributed by atoms with Gasteiger partial charge in [0.15, 0.2) is 0 Å². The van der Waals surface area contributed by atoms with Crippen molar-refractivity contribution >= 4 is 21.7 Å². The molecule has 1 unspecified atom stereocenters. The van der Waals surface area contributed by atoms with Gasteiger partial charge in [0.1, 0.15) is 11.3 Å². The maximum Gasteiger partial charge on any atom is 0.339 e. The highest BCUT2D eigenvalue weighted by Gasteiger charge is 2.34. The first kappa shape index (κ1) is 23.6. The van der Waals surface area contributed by atoms with Crippen molar-refractivity contribution in [2.75, 3.05) is 24.1 Å². The van der Waals surface area contributed by atoms with Crippen molar-refractivity contribution in [2.24, 2.45) is 5.92 Å². The Hall–Kier alpha value is -2.58. The van der Waals surface area contributed by atoms with Crippen LogP contribution in [0.1, 0.15) is 54.6 Å². The minimum absolute atomic E-state index is 0.0439. The lowest BCUT2D eigenvalue weighted by Gasteiger charge is -2.36. The van der Waals surface area contributed by atoms with E-state index in [2.05, 4.69) is 13.0 Å². The van der Waals surface area contributed by atoms with Crippen molar-refractivity contribution in [3.8, 4) is 5.75 Å². The molecule has 2 aliphatic heterocycles. The van der Waals surface area contributed by atoms with Crippen LogP contribution in [0.25, 0.3) is 0 Å². The number of carboxylic acid groups (broad SMARTS) is 1. The van der Waals surface area contributed by atoms with Crippen LogP contribution >= 0.6 is 0 Å². The molecule has 0 bridgehead atoms. The van der Waals surface area contributed by atoms with Crippen LogP contribution in [0, 0.1) is 5.92 Å². The van der Waals surface area contributed by atoms with E-state index in [4.69, 9.17) is 9.47 Å². The zero-order chi connectivity index (χ0) is 23.6. The second kappa shape index (κ2) is 9.73. The lowest BCUT2D eigenvalue weighted by atomic mass is 9.96. The molecule has 1 saturated heterocycles. The van der Waals surface area contributed by atoms with Gasteiger partial charge in [0.2, 0.25) is 0 Å². The molecule has 8 heteroatoms. The normalized spacial score (nSPS) is 19.2. The van der Waals surface area contributed by atoms with E-state index < -0.39 is 16.0 Å². The number of ether oxygens (including phenoxy) is 2. The third kappa shape index (κ3) is 4.87. The molecule has 1 atom stereocenters. The monoisotopic (exact) mass is 473 g/mol. The topological polar surface area (TPSA) is 93.1 Å². The van der Waals surface area contributed by atoms with Crippen molar-refractivity contribution in [1.82, 2.24) is 0 Å². The predicted molar refractivity (Wildman–Crippen MR) is 126 cm³/mol. The third-order valence-electron chi connectivity index (χ3n) is 6.58. The van der Waals surface area contributed by atoms with Crippen LogP contribution in [0.4, 0.5) is 5.69 Å². The number of hydrogen-bond donors (Lipinski definition) is 1. The van der Waals surface area contributed by atoms with Crippen LogP contribution in [0.15, 0.2) is 41.3 Å². The Morgan fingerprint density at radius 1 is 1.15 bits per heavy atom. The summed E-state index contributed by atoms with van der Waals surface area (Å²) in [4.78, 5) is 11.9. The molecule has 2 aliphatic rings. The van der Waals surface area contributed by atoms with Gasteiger partial charge in [0, 0.05) is 19.3 Å². The summed E-state index contributed by atoms with van der Waals surface area (Å²) in [5.41, 5.74) is 2.70. The number of aromatic carboxylic acids is 1. The maximum atomic E-state index is 13.7. The standard InChI is InChI=1S/C25H31NO6S/c1-3-18-5-8-23-20(14-18)6-4-17(2)26(23)33(29,30)21-7-9-24(22(15-21)25(27)28)32-16-19-10-12-31-13-11-19/h5,7-9,14-15,17,19H,3-4,6,10-13,16H2,1-2H3,(H,27,28). The van der Waals surface area contributed by atoms with Crippen molar-refractivity contribution in [3.05, 3.63) is 53.1 Å². The van der Waals surface area contributed by atoms with Crippen molar-refractivity contribution in [1.29, 1.82) is 0 Å². The van der Waals surface area contributed by atoms with Crippen LogP contribution in [-0.2, 0) is 27.6 Å². The summed E-state index contributed by atoms with van der Waals surface area (Å²) in [7, 11) is -3.95. The van der Waals surface area contributed by atoms with E-state index in [9.17, 15) is 18.3 Å². The van der Waals surface area contributed by atoms with Crippen molar-refractivity contribution in [3.63, 3.8) is 0 Å². The summed E-state index contributed by atoms with van der Waals surface area (Å²) in [6, 6.07) is 9.79. The van der Waals surface area contributed by atoms with E-state index in [-0.39, 0.29) is 22.3 Å².